The summed E-state index contributed by atoms with van der Waals surface area (Å²) in [6, 6.07) is 13.9. The van der Waals surface area contributed by atoms with Crippen molar-refractivity contribution in [3.63, 3.8) is 0 Å². The van der Waals surface area contributed by atoms with Crippen LogP contribution in [-0.4, -0.2) is 34.7 Å². The van der Waals surface area contributed by atoms with Gasteiger partial charge in [0.1, 0.15) is 5.75 Å². The number of benzene rings is 2. The first kappa shape index (κ1) is 17.8. The lowest BCUT2D eigenvalue weighted by atomic mass is 10.1. The molecule has 6 nitrogen and oxygen atoms in total. The highest BCUT2D eigenvalue weighted by molar-refractivity contribution is 7.92. The minimum absolute atomic E-state index is 0.305. The molecule has 0 spiro atoms. The Balaban J connectivity index is 2.15. The van der Waals surface area contributed by atoms with Crippen molar-refractivity contribution in [1.82, 2.24) is 5.32 Å². The predicted molar refractivity (Wildman–Crippen MR) is 93.9 cm³/mol. The van der Waals surface area contributed by atoms with E-state index in [4.69, 9.17) is 4.74 Å². The molecule has 0 aliphatic carbocycles. The van der Waals surface area contributed by atoms with Crippen LogP contribution in [0.4, 0.5) is 5.69 Å². The van der Waals surface area contributed by atoms with E-state index in [9.17, 15) is 13.2 Å². The second-order valence-electron chi connectivity index (χ2n) is 5.28. The van der Waals surface area contributed by atoms with Crippen LogP contribution in [0.3, 0.4) is 0 Å². The summed E-state index contributed by atoms with van der Waals surface area (Å²) in [5, 5.41) is 2.80. The normalized spacial score (nSPS) is 11.0. The maximum absolute atomic E-state index is 12.4. The Morgan fingerprint density at radius 3 is 2.33 bits per heavy atom. The van der Waals surface area contributed by atoms with Gasteiger partial charge in [0.25, 0.3) is 5.91 Å². The lowest BCUT2D eigenvalue weighted by molar-refractivity contribution is 0.0951. The molecule has 0 saturated heterocycles. The number of nitrogens with one attached hydrogen (secondary N) is 1. The summed E-state index contributed by atoms with van der Waals surface area (Å²) < 4.78 is 29.6. The van der Waals surface area contributed by atoms with Gasteiger partial charge in [-0.3, -0.25) is 9.10 Å². The number of carbonyl (C=O) groups excluding carboxylic acids is 1. The van der Waals surface area contributed by atoms with Crippen LogP contribution in [0.1, 0.15) is 15.9 Å². The van der Waals surface area contributed by atoms with Crippen LogP contribution in [0.2, 0.25) is 0 Å². The van der Waals surface area contributed by atoms with Crippen molar-refractivity contribution in [2.24, 2.45) is 0 Å². The largest absolute Gasteiger partial charge is 0.497 e. The Kier molecular flexibility index (Phi) is 5.46. The molecule has 0 fully saturated rings. The van der Waals surface area contributed by atoms with E-state index in [0.29, 0.717) is 17.8 Å². The van der Waals surface area contributed by atoms with E-state index in [2.05, 4.69) is 5.32 Å². The molecule has 0 radical (unpaired) electrons. The fourth-order valence-corrected chi connectivity index (χ4v) is 2.66. The minimum Gasteiger partial charge on any atom is -0.497 e. The zero-order chi connectivity index (χ0) is 17.7. The molecule has 1 N–H and O–H groups in total. The molecular formula is C17H20N2O4S. The molecule has 2 aromatic carbocycles. The van der Waals surface area contributed by atoms with Crippen LogP contribution >= 0.6 is 0 Å². The maximum Gasteiger partial charge on any atom is 0.253 e. The predicted octanol–water partition coefficient (Wildman–Crippen LogP) is 2.02. The zero-order valence-corrected chi connectivity index (χ0v) is 14.6. The fourth-order valence-electron chi connectivity index (χ4n) is 2.14. The molecule has 0 unspecified atom stereocenters. The van der Waals surface area contributed by atoms with Gasteiger partial charge in [0.2, 0.25) is 10.0 Å². The van der Waals surface area contributed by atoms with Crippen LogP contribution in [0.25, 0.3) is 0 Å². The molecule has 0 aliphatic heterocycles. The summed E-state index contributed by atoms with van der Waals surface area (Å²) >= 11 is 0. The van der Waals surface area contributed by atoms with E-state index in [1.807, 2.05) is 24.3 Å². The summed E-state index contributed by atoms with van der Waals surface area (Å²) in [4.78, 5) is 12.4. The molecule has 24 heavy (non-hydrogen) atoms. The molecule has 1 amide bonds. The van der Waals surface area contributed by atoms with E-state index in [0.717, 1.165) is 21.9 Å². The molecule has 2 rings (SSSR count). The molecule has 7 heteroatoms. The first-order chi connectivity index (χ1) is 11.3. The zero-order valence-electron chi connectivity index (χ0n) is 13.8. The number of carbonyl (C=O) groups is 1. The monoisotopic (exact) mass is 348 g/mol. The van der Waals surface area contributed by atoms with Crippen molar-refractivity contribution in [3.05, 3.63) is 59.7 Å². The Hall–Kier alpha value is -2.54. The van der Waals surface area contributed by atoms with Gasteiger partial charge in [0.05, 0.1) is 24.6 Å². The average Bonchev–Trinajstić information content (AvgIpc) is 2.58. The highest BCUT2D eigenvalue weighted by Crippen LogP contribution is 2.21. The third kappa shape index (κ3) is 4.26. The SMILES string of the molecule is COc1ccc(CNC(=O)c2ccccc2N(C)S(C)(=O)=O)cc1. The van der Waals surface area contributed by atoms with Crippen LogP contribution < -0.4 is 14.4 Å². The van der Waals surface area contributed by atoms with E-state index in [-0.39, 0.29) is 5.91 Å². The Morgan fingerprint density at radius 1 is 1.12 bits per heavy atom. The van der Waals surface area contributed by atoms with E-state index < -0.39 is 10.0 Å². The molecule has 0 bridgehead atoms. The van der Waals surface area contributed by atoms with Gasteiger partial charge in [0.15, 0.2) is 0 Å². The summed E-state index contributed by atoms with van der Waals surface area (Å²) in [5.41, 5.74) is 1.56. The number of sulfonamides is 1. The number of anilines is 1. The van der Waals surface area contributed by atoms with Crippen LogP contribution in [0.15, 0.2) is 48.5 Å². The van der Waals surface area contributed by atoms with Crippen molar-refractivity contribution in [1.29, 1.82) is 0 Å². The number of ether oxygens (including phenoxy) is 1. The average molecular weight is 348 g/mol. The topological polar surface area (TPSA) is 75.7 Å². The van der Waals surface area contributed by atoms with Gasteiger partial charge in [-0.15, -0.1) is 0 Å². The molecule has 0 aromatic heterocycles. The van der Waals surface area contributed by atoms with Gasteiger partial charge in [-0.2, -0.15) is 0 Å². The van der Waals surface area contributed by atoms with Gasteiger partial charge < -0.3 is 10.1 Å². The van der Waals surface area contributed by atoms with Crippen molar-refractivity contribution in [3.8, 4) is 5.75 Å². The highest BCUT2D eigenvalue weighted by Gasteiger charge is 2.19. The first-order valence-corrected chi connectivity index (χ1v) is 9.12. The third-order valence-corrected chi connectivity index (χ3v) is 4.79. The molecule has 0 saturated carbocycles. The molecular weight excluding hydrogens is 328 g/mol. The van der Waals surface area contributed by atoms with Crippen molar-refractivity contribution in [2.45, 2.75) is 6.54 Å². The van der Waals surface area contributed by atoms with Gasteiger partial charge in [-0.1, -0.05) is 24.3 Å². The number of nitrogens with zero attached hydrogens (tertiary/aromatic N) is 1. The number of rotatable bonds is 6. The lowest BCUT2D eigenvalue weighted by Gasteiger charge is -2.19. The van der Waals surface area contributed by atoms with E-state index in [1.165, 1.54) is 7.05 Å². The standard InChI is InChI=1S/C17H20N2O4S/c1-19(24(3,21)22)16-7-5-4-6-15(16)17(20)18-12-13-8-10-14(23-2)11-9-13/h4-11H,12H2,1-3H3,(H,18,20). The fraction of sp³-hybridized carbons (Fsp3) is 0.235. The minimum atomic E-state index is -3.45. The maximum atomic E-state index is 12.4. The van der Waals surface area contributed by atoms with Crippen molar-refractivity contribution < 1.29 is 17.9 Å². The number of methoxy groups -OCH3 is 1. The van der Waals surface area contributed by atoms with Crippen LogP contribution in [-0.2, 0) is 16.6 Å². The van der Waals surface area contributed by atoms with Crippen molar-refractivity contribution >= 4 is 21.6 Å². The Morgan fingerprint density at radius 2 is 1.75 bits per heavy atom. The number of hydrogen-bond acceptors (Lipinski definition) is 4. The first-order valence-electron chi connectivity index (χ1n) is 7.27. The van der Waals surface area contributed by atoms with E-state index in [1.54, 1.807) is 31.4 Å². The van der Waals surface area contributed by atoms with E-state index >= 15 is 0 Å². The summed E-state index contributed by atoms with van der Waals surface area (Å²) in [5.74, 6) is 0.405. The third-order valence-electron chi connectivity index (χ3n) is 3.60. The van der Waals surface area contributed by atoms with Gasteiger partial charge in [-0.25, -0.2) is 8.42 Å². The number of hydrogen-bond donors (Lipinski definition) is 1. The Bertz CT molecular complexity index is 817. The Labute approximate surface area is 142 Å². The molecule has 128 valence electrons. The summed E-state index contributed by atoms with van der Waals surface area (Å²) in [6.45, 7) is 0.333. The molecule has 0 heterocycles. The van der Waals surface area contributed by atoms with Gasteiger partial charge in [0, 0.05) is 13.6 Å². The van der Waals surface area contributed by atoms with Crippen LogP contribution in [0.5, 0.6) is 5.75 Å². The summed E-state index contributed by atoms with van der Waals surface area (Å²) in [7, 11) is -0.436. The summed E-state index contributed by atoms with van der Waals surface area (Å²) in [6.07, 6.45) is 1.10. The molecule has 0 aliphatic rings. The highest BCUT2D eigenvalue weighted by atomic mass is 32.2. The quantitative estimate of drug-likeness (QED) is 0.867. The van der Waals surface area contributed by atoms with Crippen LogP contribution in [0, 0.1) is 0 Å². The second-order valence-corrected chi connectivity index (χ2v) is 7.29. The number of para-hydroxylation sites is 1. The molecule has 2 aromatic rings. The smallest absolute Gasteiger partial charge is 0.253 e. The second kappa shape index (κ2) is 7.35. The van der Waals surface area contributed by atoms with Gasteiger partial charge >= 0.3 is 0 Å². The van der Waals surface area contributed by atoms with Gasteiger partial charge in [-0.05, 0) is 29.8 Å². The molecule has 0 atom stereocenters. The lowest BCUT2D eigenvalue weighted by Crippen LogP contribution is -2.29. The number of amides is 1. The van der Waals surface area contributed by atoms with Crippen molar-refractivity contribution in [2.75, 3.05) is 24.7 Å².